The monoisotopic (exact) mass is 612 g/mol. The highest BCUT2D eigenvalue weighted by molar-refractivity contribution is 6.23. The summed E-state index contributed by atoms with van der Waals surface area (Å²) in [6, 6.07) is 70.0. The Labute approximate surface area is 280 Å². The Morgan fingerprint density at radius 2 is 0.542 bits per heavy atom. The third-order valence-corrected chi connectivity index (χ3v) is 9.33. The van der Waals surface area contributed by atoms with Crippen LogP contribution >= 0.6 is 0 Å². The summed E-state index contributed by atoms with van der Waals surface area (Å²) in [7, 11) is 0. The number of hydrogen-bond acceptors (Lipinski definition) is 2. The van der Waals surface area contributed by atoms with Crippen molar-refractivity contribution in [1.82, 2.24) is 0 Å². The van der Waals surface area contributed by atoms with Gasteiger partial charge in [-0.25, -0.2) is 0 Å². The van der Waals surface area contributed by atoms with Crippen LogP contribution in [0.1, 0.15) is 0 Å². The van der Waals surface area contributed by atoms with E-state index >= 15 is 0 Å². The number of hydrogen-bond donors (Lipinski definition) is 0. The van der Waals surface area contributed by atoms with Crippen LogP contribution in [0.2, 0.25) is 0 Å². The van der Waals surface area contributed by atoms with Crippen LogP contribution in [-0.4, -0.2) is 0 Å². The van der Waals surface area contributed by atoms with E-state index in [2.05, 4.69) is 204 Å². The Morgan fingerprint density at radius 1 is 0.229 bits per heavy atom. The molecule has 0 aromatic heterocycles. The van der Waals surface area contributed by atoms with Gasteiger partial charge in [0.1, 0.15) is 0 Å². The van der Waals surface area contributed by atoms with Gasteiger partial charge in [0.25, 0.3) is 0 Å². The standard InChI is InChI=1S/C46H32N2/c1-3-19-37(20-4-1)47(39-29-27-33-15-7-9-17-35(33)31-39)45-41-23-11-13-25-43(41)46(44-26-14-12-24-42(44)45)48(38-21-5-2-6-22-38)40-30-28-34-16-8-10-18-36(34)32-40/h1-32H. The van der Waals surface area contributed by atoms with Crippen molar-refractivity contribution in [1.29, 1.82) is 0 Å². The molecule has 226 valence electrons. The summed E-state index contributed by atoms with van der Waals surface area (Å²) in [5.74, 6) is 0. The van der Waals surface area contributed by atoms with Crippen molar-refractivity contribution in [3.8, 4) is 0 Å². The maximum atomic E-state index is 2.43. The number of anilines is 6. The summed E-state index contributed by atoms with van der Waals surface area (Å²) in [5, 5.41) is 9.63. The molecular formula is C46H32N2. The molecule has 0 bridgehead atoms. The Kier molecular flexibility index (Phi) is 6.84. The Hall–Kier alpha value is -6.38. The van der Waals surface area contributed by atoms with Crippen LogP contribution in [0.15, 0.2) is 194 Å². The summed E-state index contributed by atoms with van der Waals surface area (Å²) in [5.41, 5.74) is 6.81. The van der Waals surface area contributed by atoms with Crippen LogP contribution < -0.4 is 9.80 Å². The number of benzene rings is 9. The molecule has 0 saturated heterocycles. The molecule has 0 aliphatic carbocycles. The minimum Gasteiger partial charge on any atom is -0.309 e. The molecule has 2 nitrogen and oxygen atoms in total. The molecule has 0 spiro atoms. The van der Waals surface area contributed by atoms with Gasteiger partial charge in [0.15, 0.2) is 0 Å². The molecular weight excluding hydrogens is 581 g/mol. The van der Waals surface area contributed by atoms with Gasteiger partial charge in [-0.05, 0) is 70.1 Å². The number of para-hydroxylation sites is 2. The number of fused-ring (bicyclic) bond motifs is 4. The molecule has 0 atom stereocenters. The molecule has 0 heterocycles. The fourth-order valence-corrected chi connectivity index (χ4v) is 7.16. The fraction of sp³-hybridized carbons (Fsp3) is 0. The average Bonchev–Trinajstić information content (AvgIpc) is 3.16. The molecule has 48 heavy (non-hydrogen) atoms. The van der Waals surface area contributed by atoms with Crippen LogP contribution in [-0.2, 0) is 0 Å². The molecule has 0 radical (unpaired) electrons. The van der Waals surface area contributed by atoms with E-state index < -0.39 is 0 Å². The zero-order chi connectivity index (χ0) is 31.9. The first-order valence-electron chi connectivity index (χ1n) is 16.4. The van der Waals surface area contributed by atoms with Crippen LogP contribution in [0.25, 0.3) is 43.1 Å². The molecule has 2 heteroatoms. The van der Waals surface area contributed by atoms with Gasteiger partial charge in [-0.1, -0.05) is 146 Å². The zero-order valence-corrected chi connectivity index (χ0v) is 26.4. The lowest BCUT2D eigenvalue weighted by atomic mass is 9.95. The normalized spacial score (nSPS) is 11.3. The van der Waals surface area contributed by atoms with E-state index in [4.69, 9.17) is 0 Å². The second-order valence-electron chi connectivity index (χ2n) is 12.2. The van der Waals surface area contributed by atoms with Crippen molar-refractivity contribution in [2.45, 2.75) is 0 Å². The van der Waals surface area contributed by atoms with E-state index in [0.717, 1.165) is 34.1 Å². The molecule has 9 aromatic carbocycles. The molecule has 0 fully saturated rings. The predicted molar refractivity (Wildman–Crippen MR) is 206 cm³/mol. The van der Waals surface area contributed by atoms with Crippen LogP contribution in [0.4, 0.5) is 34.1 Å². The maximum absolute atomic E-state index is 2.43. The fourth-order valence-electron chi connectivity index (χ4n) is 7.16. The average molecular weight is 613 g/mol. The molecule has 9 rings (SSSR count). The predicted octanol–water partition coefficient (Wildman–Crippen LogP) is 13.2. The van der Waals surface area contributed by atoms with Crippen LogP contribution in [0, 0.1) is 0 Å². The Bertz CT molecular complexity index is 2340. The van der Waals surface area contributed by atoms with Crippen molar-refractivity contribution >= 4 is 77.2 Å². The first kappa shape index (κ1) is 27.9. The van der Waals surface area contributed by atoms with Crippen molar-refractivity contribution < 1.29 is 0 Å². The third-order valence-electron chi connectivity index (χ3n) is 9.33. The summed E-state index contributed by atoms with van der Waals surface area (Å²) < 4.78 is 0. The largest absolute Gasteiger partial charge is 0.309 e. The Balaban J connectivity index is 1.39. The van der Waals surface area contributed by atoms with E-state index in [-0.39, 0.29) is 0 Å². The van der Waals surface area contributed by atoms with Gasteiger partial charge < -0.3 is 9.80 Å². The lowest BCUT2D eigenvalue weighted by Crippen LogP contribution is -2.14. The lowest BCUT2D eigenvalue weighted by Gasteiger charge is -2.33. The second-order valence-corrected chi connectivity index (χ2v) is 12.2. The van der Waals surface area contributed by atoms with Gasteiger partial charge in [0.05, 0.1) is 11.4 Å². The first-order valence-corrected chi connectivity index (χ1v) is 16.4. The van der Waals surface area contributed by atoms with Gasteiger partial charge >= 0.3 is 0 Å². The van der Waals surface area contributed by atoms with Crippen LogP contribution in [0.3, 0.4) is 0 Å². The summed E-state index contributed by atoms with van der Waals surface area (Å²) in [6.07, 6.45) is 0. The molecule has 0 amide bonds. The Morgan fingerprint density at radius 3 is 0.917 bits per heavy atom. The van der Waals surface area contributed by atoms with Gasteiger partial charge in [-0.15, -0.1) is 0 Å². The third kappa shape index (κ3) is 4.74. The second kappa shape index (κ2) is 11.8. The number of nitrogens with zero attached hydrogens (tertiary/aromatic N) is 2. The minimum absolute atomic E-state index is 1.12. The van der Waals surface area contributed by atoms with E-state index in [9.17, 15) is 0 Å². The molecule has 0 aliphatic heterocycles. The first-order chi connectivity index (χ1) is 23.8. The van der Waals surface area contributed by atoms with Crippen molar-refractivity contribution in [3.05, 3.63) is 194 Å². The quantitative estimate of drug-likeness (QED) is 0.136. The highest BCUT2D eigenvalue weighted by atomic mass is 15.2. The highest BCUT2D eigenvalue weighted by Crippen LogP contribution is 2.51. The van der Waals surface area contributed by atoms with Crippen molar-refractivity contribution in [2.75, 3.05) is 9.80 Å². The minimum atomic E-state index is 1.12. The molecule has 0 N–H and O–H groups in total. The van der Waals surface area contributed by atoms with Gasteiger partial charge in [-0.2, -0.15) is 0 Å². The SMILES string of the molecule is c1ccc(N(c2ccc3ccccc3c2)c2c3ccccc3c(N(c3ccccc3)c3ccc4ccccc4c3)c3ccccc23)cc1. The zero-order valence-electron chi connectivity index (χ0n) is 26.4. The number of rotatable bonds is 6. The molecule has 0 aliphatic rings. The highest BCUT2D eigenvalue weighted by Gasteiger charge is 2.25. The summed E-state index contributed by atoms with van der Waals surface area (Å²) >= 11 is 0. The van der Waals surface area contributed by atoms with E-state index in [1.165, 1.54) is 43.1 Å². The molecule has 0 saturated carbocycles. The van der Waals surface area contributed by atoms with E-state index in [0.29, 0.717) is 0 Å². The summed E-state index contributed by atoms with van der Waals surface area (Å²) in [6.45, 7) is 0. The van der Waals surface area contributed by atoms with Crippen molar-refractivity contribution in [2.24, 2.45) is 0 Å². The van der Waals surface area contributed by atoms with Crippen LogP contribution in [0.5, 0.6) is 0 Å². The topological polar surface area (TPSA) is 6.48 Å². The summed E-state index contributed by atoms with van der Waals surface area (Å²) in [4.78, 5) is 4.87. The van der Waals surface area contributed by atoms with E-state index in [1.54, 1.807) is 0 Å². The molecule has 0 unspecified atom stereocenters. The molecule has 9 aromatic rings. The van der Waals surface area contributed by atoms with Gasteiger partial charge in [0, 0.05) is 44.3 Å². The van der Waals surface area contributed by atoms with Crippen molar-refractivity contribution in [3.63, 3.8) is 0 Å². The van der Waals surface area contributed by atoms with Gasteiger partial charge in [0.2, 0.25) is 0 Å². The van der Waals surface area contributed by atoms with E-state index in [1.807, 2.05) is 0 Å². The smallest absolute Gasteiger partial charge is 0.0619 e. The maximum Gasteiger partial charge on any atom is 0.0619 e. The lowest BCUT2D eigenvalue weighted by molar-refractivity contribution is 1.30. The van der Waals surface area contributed by atoms with Gasteiger partial charge in [-0.3, -0.25) is 0 Å².